The molecule has 0 amide bonds. The monoisotopic (exact) mass is 218 g/mol. The average Bonchev–Trinajstić information content (AvgIpc) is 2.28. The van der Waals surface area contributed by atoms with Crippen LogP contribution in [0.2, 0.25) is 0 Å². The Morgan fingerprint density at radius 3 is 2.69 bits per heavy atom. The summed E-state index contributed by atoms with van der Waals surface area (Å²) in [6.45, 7) is 6.65. The average molecular weight is 218 g/mol. The quantitative estimate of drug-likeness (QED) is 0.835. The van der Waals surface area contributed by atoms with Crippen LogP contribution in [0, 0.1) is 0 Å². The summed E-state index contributed by atoms with van der Waals surface area (Å²) in [6, 6.07) is 9.99. The fourth-order valence-corrected chi connectivity index (χ4v) is 2.21. The summed E-state index contributed by atoms with van der Waals surface area (Å²) in [7, 11) is 2.20. The molecule has 0 fully saturated rings. The number of rotatable bonds is 3. The first-order valence-corrected chi connectivity index (χ1v) is 6.17. The van der Waals surface area contributed by atoms with Gasteiger partial charge in [0.15, 0.2) is 0 Å². The Morgan fingerprint density at radius 1 is 1.31 bits per heavy atom. The number of nitrogens with one attached hydrogen (secondary N) is 1. The first-order chi connectivity index (χ1) is 7.66. The summed E-state index contributed by atoms with van der Waals surface area (Å²) in [6.07, 6.45) is 1.16. The summed E-state index contributed by atoms with van der Waals surface area (Å²) in [4.78, 5) is 2.41. The lowest BCUT2D eigenvalue weighted by molar-refractivity contribution is 0.236. The number of likely N-dealkylation sites (N-methyl/N-ethyl adjacent to an activating group) is 1. The van der Waals surface area contributed by atoms with E-state index in [4.69, 9.17) is 0 Å². The van der Waals surface area contributed by atoms with E-state index in [1.54, 1.807) is 0 Å². The van der Waals surface area contributed by atoms with E-state index >= 15 is 0 Å². The molecule has 0 saturated heterocycles. The van der Waals surface area contributed by atoms with Gasteiger partial charge in [0.05, 0.1) is 0 Å². The standard InChI is InChI=1S/C14H22N2/c1-11(2)16(3)10-14-8-12-6-4-5-7-13(12)9-15-14/h4-7,11,14-15H,8-10H2,1-3H3. The van der Waals surface area contributed by atoms with Crippen LogP contribution in [0.3, 0.4) is 0 Å². The maximum atomic E-state index is 3.62. The lowest BCUT2D eigenvalue weighted by atomic mass is 9.95. The molecule has 0 aliphatic carbocycles. The Balaban J connectivity index is 1.98. The molecule has 0 spiro atoms. The van der Waals surface area contributed by atoms with Gasteiger partial charge in [-0.1, -0.05) is 24.3 Å². The molecule has 88 valence electrons. The topological polar surface area (TPSA) is 15.3 Å². The molecule has 1 aromatic rings. The lowest BCUT2D eigenvalue weighted by Gasteiger charge is -2.31. The van der Waals surface area contributed by atoms with Crippen LogP contribution in [0.1, 0.15) is 25.0 Å². The molecule has 0 aromatic heterocycles. The van der Waals surface area contributed by atoms with Crippen molar-refractivity contribution in [3.05, 3.63) is 35.4 Å². The molecule has 0 bridgehead atoms. The lowest BCUT2D eigenvalue weighted by Crippen LogP contribution is -2.45. The SMILES string of the molecule is CC(C)N(C)CC1Cc2ccccc2CN1. The van der Waals surface area contributed by atoms with E-state index in [-0.39, 0.29) is 0 Å². The van der Waals surface area contributed by atoms with Crippen LogP contribution in [-0.2, 0) is 13.0 Å². The van der Waals surface area contributed by atoms with E-state index in [0.29, 0.717) is 12.1 Å². The van der Waals surface area contributed by atoms with Gasteiger partial charge in [-0.2, -0.15) is 0 Å². The van der Waals surface area contributed by atoms with Gasteiger partial charge in [0, 0.05) is 25.2 Å². The van der Waals surface area contributed by atoms with Crippen molar-refractivity contribution in [3.8, 4) is 0 Å². The molecule has 1 atom stereocenters. The van der Waals surface area contributed by atoms with Crippen molar-refractivity contribution in [3.63, 3.8) is 0 Å². The second kappa shape index (κ2) is 4.98. The molecule has 1 heterocycles. The van der Waals surface area contributed by atoms with E-state index in [2.05, 4.69) is 55.4 Å². The third-order valence-corrected chi connectivity index (χ3v) is 3.56. The van der Waals surface area contributed by atoms with E-state index in [0.717, 1.165) is 19.5 Å². The van der Waals surface area contributed by atoms with E-state index < -0.39 is 0 Å². The molecule has 1 aromatic carbocycles. The van der Waals surface area contributed by atoms with Gasteiger partial charge in [-0.05, 0) is 38.4 Å². The predicted octanol–water partition coefficient (Wildman–Crippen LogP) is 2.04. The molecular formula is C14H22N2. The Morgan fingerprint density at radius 2 is 2.00 bits per heavy atom. The zero-order valence-corrected chi connectivity index (χ0v) is 10.5. The molecular weight excluding hydrogens is 196 g/mol. The highest BCUT2D eigenvalue weighted by atomic mass is 15.1. The third kappa shape index (κ3) is 2.63. The molecule has 2 nitrogen and oxygen atoms in total. The minimum Gasteiger partial charge on any atom is -0.308 e. The first kappa shape index (κ1) is 11.6. The number of hydrogen-bond donors (Lipinski definition) is 1. The highest BCUT2D eigenvalue weighted by Gasteiger charge is 2.19. The van der Waals surface area contributed by atoms with Gasteiger partial charge in [-0.3, -0.25) is 0 Å². The summed E-state index contributed by atoms with van der Waals surface area (Å²) in [5.74, 6) is 0. The molecule has 1 aliphatic heterocycles. The van der Waals surface area contributed by atoms with Crippen LogP contribution in [0.5, 0.6) is 0 Å². The van der Waals surface area contributed by atoms with Gasteiger partial charge in [-0.15, -0.1) is 0 Å². The van der Waals surface area contributed by atoms with E-state index in [9.17, 15) is 0 Å². The minimum absolute atomic E-state index is 0.599. The molecule has 2 rings (SSSR count). The maximum Gasteiger partial charge on any atom is 0.0238 e. The molecule has 0 saturated carbocycles. The second-order valence-electron chi connectivity index (χ2n) is 5.08. The number of hydrogen-bond acceptors (Lipinski definition) is 2. The Hall–Kier alpha value is -0.860. The Kier molecular flexibility index (Phi) is 3.62. The van der Waals surface area contributed by atoms with Crippen LogP contribution in [0.15, 0.2) is 24.3 Å². The van der Waals surface area contributed by atoms with Crippen molar-refractivity contribution < 1.29 is 0 Å². The highest BCUT2D eigenvalue weighted by Crippen LogP contribution is 2.16. The van der Waals surface area contributed by atoms with Gasteiger partial charge in [0.1, 0.15) is 0 Å². The smallest absolute Gasteiger partial charge is 0.0238 e. The van der Waals surface area contributed by atoms with Crippen LogP contribution in [-0.4, -0.2) is 30.6 Å². The fraction of sp³-hybridized carbons (Fsp3) is 0.571. The third-order valence-electron chi connectivity index (χ3n) is 3.56. The van der Waals surface area contributed by atoms with Gasteiger partial charge in [-0.25, -0.2) is 0 Å². The second-order valence-corrected chi connectivity index (χ2v) is 5.08. The summed E-state index contributed by atoms with van der Waals surface area (Å²) in [5.41, 5.74) is 2.98. The van der Waals surface area contributed by atoms with Gasteiger partial charge in [0.25, 0.3) is 0 Å². The fourth-order valence-electron chi connectivity index (χ4n) is 2.21. The highest BCUT2D eigenvalue weighted by molar-refractivity contribution is 5.29. The molecule has 0 radical (unpaired) electrons. The summed E-state index contributed by atoms with van der Waals surface area (Å²) >= 11 is 0. The van der Waals surface area contributed by atoms with Crippen LogP contribution >= 0.6 is 0 Å². The van der Waals surface area contributed by atoms with Crippen molar-refractivity contribution in [1.29, 1.82) is 0 Å². The zero-order valence-electron chi connectivity index (χ0n) is 10.5. The normalized spacial score (nSPS) is 20.2. The van der Waals surface area contributed by atoms with Crippen molar-refractivity contribution in [2.24, 2.45) is 0 Å². The number of fused-ring (bicyclic) bond motifs is 1. The summed E-state index contributed by atoms with van der Waals surface area (Å²) < 4.78 is 0. The Labute approximate surface area is 98.7 Å². The van der Waals surface area contributed by atoms with Crippen molar-refractivity contribution in [2.45, 2.75) is 38.9 Å². The van der Waals surface area contributed by atoms with E-state index in [1.165, 1.54) is 11.1 Å². The van der Waals surface area contributed by atoms with Crippen LogP contribution in [0.25, 0.3) is 0 Å². The number of nitrogens with zero attached hydrogens (tertiary/aromatic N) is 1. The largest absolute Gasteiger partial charge is 0.308 e. The number of benzene rings is 1. The van der Waals surface area contributed by atoms with Crippen molar-refractivity contribution in [2.75, 3.05) is 13.6 Å². The van der Waals surface area contributed by atoms with Crippen LogP contribution < -0.4 is 5.32 Å². The van der Waals surface area contributed by atoms with Crippen LogP contribution in [0.4, 0.5) is 0 Å². The molecule has 1 unspecified atom stereocenters. The summed E-state index contributed by atoms with van der Waals surface area (Å²) in [5, 5.41) is 3.62. The maximum absolute atomic E-state index is 3.62. The predicted molar refractivity (Wildman–Crippen MR) is 68.5 cm³/mol. The van der Waals surface area contributed by atoms with Gasteiger partial charge >= 0.3 is 0 Å². The van der Waals surface area contributed by atoms with Crippen molar-refractivity contribution >= 4 is 0 Å². The molecule has 1 N–H and O–H groups in total. The molecule has 16 heavy (non-hydrogen) atoms. The zero-order chi connectivity index (χ0) is 11.5. The minimum atomic E-state index is 0.599. The van der Waals surface area contributed by atoms with Gasteiger partial charge in [0.2, 0.25) is 0 Å². The Bertz CT molecular complexity index is 346. The molecule has 2 heteroatoms. The van der Waals surface area contributed by atoms with Gasteiger partial charge < -0.3 is 10.2 Å². The van der Waals surface area contributed by atoms with Crippen molar-refractivity contribution in [1.82, 2.24) is 10.2 Å². The van der Waals surface area contributed by atoms with E-state index in [1.807, 2.05) is 0 Å². The first-order valence-electron chi connectivity index (χ1n) is 6.17. The molecule has 1 aliphatic rings.